The number of halogens is 3. The van der Waals surface area contributed by atoms with Gasteiger partial charge in [-0.05, 0) is 35.9 Å². The second kappa shape index (κ2) is 9.63. The average Bonchev–Trinajstić information content (AvgIpc) is 2.60. The van der Waals surface area contributed by atoms with Crippen LogP contribution in [0.1, 0.15) is 5.56 Å². The Labute approximate surface area is 160 Å². The van der Waals surface area contributed by atoms with Gasteiger partial charge in [-0.2, -0.15) is 8.78 Å². The molecule has 2 N–H and O–H groups in total. The number of carbonyl (C=O) groups is 1. The van der Waals surface area contributed by atoms with Gasteiger partial charge in [-0.25, -0.2) is 13.1 Å². The molecule has 2 rings (SSSR count). The molecule has 0 spiro atoms. The van der Waals surface area contributed by atoms with Crippen molar-refractivity contribution in [3.05, 3.63) is 59.1 Å². The highest BCUT2D eigenvalue weighted by Gasteiger charge is 2.13. The maximum absolute atomic E-state index is 12.1. The first kappa shape index (κ1) is 21.1. The molecule has 0 aliphatic carbocycles. The molecule has 0 saturated carbocycles. The number of alkyl halides is 2. The Balaban J connectivity index is 1.76. The first-order chi connectivity index (χ1) is 12.8. The smallest absolute Gasteiger partial charge is 0.387 e. The van der Waals surface area contributed by atoms with Crippen LogP contribution in [0.3, 0.4) is 0 Å². The molecule has 0 heterocycles. The summed E-state index contributed by atoms with van der Waals surface area (Å²) in [6.45, 7) is -2.82. The van der Waals surface area contributed by atoms with Gasteiger partial charge in [-0.1, -0.05) is 29.8 Å². The van der Waals surface area contributed by atoms with Crippen molar-refractivity contribution in [3.63, 3.8) is 0 Å². The van der Waals surface area contributed by atoms with Crippen LogP contribution in [-0.4, -0.2) is 34.0 Å². The predicted octanol–water partition coefficient (Wildman–Crippen LogP) is 2.58. The molecule has 0 fully saturated rings. The Bertz CT molecular complexity index is 877. The van der Waals surface area contributed by atoms with Crippen molar-refractivity contribution < 1.29 is 26.7 Å². The summed E-state index contributed by atoms with van der Waals surface area (Å²) < 4.78 is 54.9. The van der Waals surface area contributed by atoms with E-state index < -0.39 is 16.6 Å². The highest BCUT2D eigenvalue weighted by atomic mass is 35.5. The maximum atomic E-state index is 12.1. The number of hydrogen-bond donors (Lipinski definition) is 2. The van der Waals surface area contributed by atoms with E-state index in [0.29, 0.717) is 10.6 Å². The highest BCUT2D eigenvalue weighted by molar-refractivity contribution is 7.89. The van der Waals surface area contributed by atoms with Gasteiger partial charge in [-0.3, -0.25) is 4.79 Å². The molecule has 0 aromatic heterocycles. The van der Waals surface area contributed by atoms with Crippen molar-refractivity contribution in [1.29, 1.82) is 0 Å². The lowest BCUT2D eigenvalue weighted by molar-refractivity contribution is -0.120. The molecule has 0 saturated heterocycles. The van der Waals surface area contributed by atoms with Crippen LogP contribution in [-0.2, 0) is 21.2 Å². The Morgan fingerprint density at radius 3 is 2.44 bits per heavy atom. The van der Waals surface area contributed by atoms with E-state index in [2.05, 4.69) is 14.8 Å². The molecule has 0 radical (unpaired) electrons. The molecule has 2 aromatic carbocycles. The van der Waals surface area contributed by atoms with E-state index in [-0.39, 0.29) is 36.1 Å². The van der Waals surface area contributed by atoms with Gasteiger partial charge in [0.05, 0.1) is 11.3 Å². The summed E-state index contributed by atoms with van der Waals surface area (Å²) in [4.78, 5) is 11.9. The third-order valence-corrected chi connectivity index (χ3v) is 5.05. The quantitative estimate of drug-likeness (QED) is 0.613. The van der Waals surface area contributed by atoms with Crippen LogP contribution in [0.5, 0.6) is 5.75 Å². The Kier molecular flexibility index (Phi) is 7.52. The van der Waals surface area contributed by atoms with Crippen LogP contribution in [0.4, 0.5) is 8.78 Å². The fraction of sp³-hybridized carbons (Fsp3) is 0.235. The summed E-state index contributed by atoms with van der Waals surface area (Å²) >= 11 is 5.77. The van der Waals surface area contributed by atoms with Gasteiger partial charge in [-0.15, -0.1) is 0 Å². The fourth-order valence-corrected chi connectivity index (χ4v) is 3.47. The Hall–Kier alpha value is -2.23. The van der Waals surface area contributed by atoms with Crippen molar-refractivity contribution in [1.82, 2.24) is 10.0 Å². The van der Waals surface area contributed by atoms with E-state index in [1.54, 1.807) is 6.07 Å². The molecular weight excluding hydrogens is 402 g/mol. The van der Waals surface area contributed by atoms with Crippen LogP contribution < -0.4 is 14.8 Å². The fourth-order valence-electron chi connectivity index (χ4n) is 2.14. The number of rotatable bonds is 9. The molecule has 0 unspecified atom stereocenters. The van der Waals surface area contributed by atoms with Crippen LogP contribution in [0.2, 0.25) is 5.02 Å². The third kappa shape index (κ3) is 7.12. The van der Waals surface area contributed by atoms with E-state index in [0.717, 1.165) is 0 Å². The number of carbonyl (C=O) groups excluding carboxylic acids is 1. The van der Waals surface area contributed by atoms with Gasteiger partial charge in [0.25, 0.3) is 0 Å². The van der Waals surface area contributed by atoms with E-state index in [4.69, 9.17) is 11.6 Å². The monoisotopic (exact) mass is 418 g/mol. The van der Waals surface area contributed by atoms with Crippen LogP contribution >= 0.6 is 11.6 Å². The number of benzene rings is 2. The molecular formula is C17H17ClF2N2O4S. The first-order valence-electron chi connectivity index (χ1n) is 7.82. The number of ether oxygens (including phenoxy) is 1. The van der Waals surface area contributed by atoms with E-state index in [1.165, 1.54) is 42.5 Å². The Morgan fingerprint density at radius 2 is 1.81 bits per heavy atom. The van der Waals surface area contributed by atoms with Gasteiger partial charge in [0, 0.05) is 18.1 Å². The molecule has 0 aliphatic heterocycles. The minimum Gasteiger partial charge on any atom is -0.435 e. The van der Waals surface area contributed by atoms with Gasteiger partial charge < -0.3 is 10.1 Å². The molecule has 27 heavy (non-hydrogen) atoms. The SMILES string of the molecule is O=C(Cc1ccc(OC(F)F)cc1)NCCNS(=O)(=O)c1cccc(Cl)c1. The highest BCUT2D eigenvalue weighted by Crippen LogP contribution is 2.16. The van der Waals surface area contributed by atoms with Crippen LogP contribution in [0, 0.1) is 0 Å². The van der Waals surface area contributed by atoms with Crippen LogP contribution in [0.25, 0.3) is 0 Å². The van der Waals surface area contributed by atoms with Crippen molar-refractivity contribution in [3.8, 4) is 5.75 Å². The summed E-state index contributed by atoms with van der Waals surface area (Å²) in [5, 5.41) is 2.87. The maximum Gasteiger partial charge on any atom is 0.387 e. The Morgan fingerprint density at radius 1 is 1.11 bits per heavy atom. The molecule has 0 bridgehead atoms. The van der Waals surface area contributed by atoms with Crippen molar-refractivity contribution >= 4 is 27.5 Å². The van der Waals surface area contributed by atoms with Gasteiger partial charge in [0.15, 0.2) is 0 Å². The minimum atomic E-state index is -3.72. The van der Waals surface area contributed by atoms with Gasteiger partial charge in [0.2, 0.25) is 15.9 Å². The molecule has 6 nitrogen and oxygen atoms in total. The number of sulfonamides is 1. The predicted molar refractivity (Wildman–Crippen MR) is 96.4 cm³/mol. The van der Waals surface area contributed by atoms with Crippen molar-refractivity contribution in [2.24, 2.45) is 0 Å². The molecule has 0 aliphatic rings. The molecule has 146 valence electrons. The topological polar surface area (TPSA) is 84.5 Å². The zero-order chi connectivity index (χ0) is 19.9. The summed E-state index contributed by atoms with van der Waals surface area (Å²) in [5.41, 5.74) is 0.605. The summed E-state index contributed by atoms with van der Waals surface area (Å²) in [6, 6.07) is 11.5. The van der Waals surface area contributed by atoms with Gasteiger partial charge in [0.1, 0.15) is 5.75 Å². The largest absolute Gasteiger partial charge is 0.435 e. The van der Waals surface area contributed by atoms with Crippen molar-refractivity contribution in [2.75, 3.05) is 13.1 Å². The van der Waals surface area contributed by atoms with E-state index >= 15 is 0 Å². The lowest BCUT2D eigenvalue weighted by Gasteiger charge is -2.09. The number of hydrogen-bond acceptors (Lipinski definition) is 4. The molecule has 10 heteroatoms. The summed E-state index contributed by atoms with van der Waals surface area (Å²) in [6.07, 6.45) is 0.0238. The van der Waals surface area contributed by atoms with E-state index in [9.17, 15) is 22.0 Å². The zero-order valence-corrected chi connectivity index (χ0v) is 15.6. The average molecular weight is 419 g/mol. The normalized spacial score (nSPS) is 11.4. The number of amides is 1. The summed E-state index contributed by atoms with van der Waals surface area (Å²) in [7, 11) is -3.72. The lowest BCUT2D eigenvalue weighted by Crippen LogP contribution is -2.35. The second-order valence-corrected chi connectivity index (χ2v) is 7.61. The molecule has 2 aromatic rings. The number of nitrogens with one attached hydrogen (secondary N) is 2. The zero-order valence-electron chi connectivity index (χ0n) is 14.0. The second-order valence-electron chi connectivity index (χ2n) is 5.40. The lowest BCUT2D eigenvalue weighted by atomic mass is 10.1. The molecule has 0 atom stereocenters. The minimum absolute atomic E-state index is 0.00174. The third-order valence-electron chi connectivity index (χ3n) is 3.36. The molecule has 1 amide bonds. The summed E-state index contributed by atoms with van der Waals surface area (Å²) in [5.74, 6) is -0.330. The van der Waals surface area contributed by atoms with Gasteiger partial charge >= 0.3 is 6.61 Å². The standard InChI is InChI=1S/C17H17ClF2N2O4S/c18-13-2-1-3-15(11-13)27(24,25)22-9-8-21-16(23)10-12-4-6-14(7-5-12)26-17(19)20/h1-7,11,17,22H,8-10H2,(H,21,23). The van der Waals surface area contributed by atoms with Crippen molar-refractivity contribution in [2.45, 2.75) is 17.9 Å². The first-order valence-corrected chi connectivity index (χ1v) is 9.68. The van der Waals surface area contributed by atoms with E-state index in [1.807, 2.05) is 0 Å². The van der Waals surface area contributed by atoms with Crippen LogP contribution in [0.15, 0.2) is 53.4 Å².